The zero-order valence-corrected chi connectivity index (χ0v) is 14.6. The van der Waals surface area contributed by atoms with Crippen LogP contribution in [0.15, 0.2) is 51.7 Å². The molecule has 0 bridgehead atoms. The molecule has 25 heavy (non-hydrogen) atoms. The Morgan fingerprint density at radius 3 is 2.48 bits per heavy atom. The number of hydrogen-bond acceptors (Lipinski definition) is 5. The van der Waals surface area contributed by atoms with E-state index in [1.807, 2.05) is 0 Å². The van der Waals surface area contributed by atoms with Crippen LogP contribution < -0.4 is 10.4 Å². The number of fused-ring (bicyclic) bond motifs is 1. The molecule has 0 atom stereocenters. The van der Waals surface area contributed by atoms with E-state index in [0.717, 1.165) is 0 Å². The summed E-state index contributed by atoms with van der Waals surface area (Å²) in [5, 5.41) is 1.29. The highest BCUT2D eigenvalue weighted by molar-refractivity contribution is 6.35. The molecule has 0 aliphatic heterocycles. The number of carbonyl (C=O) groups is 1. The Balaban J connectivity index is 1.90. The van der Waals surface area contributed by atoms with Crippen LogP contribution in [-0.2, 0) is 11.3 Å². The van der Waals surface area contributed by atoms with Gasteiger partial charge in [0, 0.05) is 21.0 Å². The second-order valence-corrected chi connectivity index (χ2v) is 5.92. The lowest BCUT2D eigenvalue weighted by molar-refractivity contribution is 0.0468. The third kappa shape index (κ3) is 3.48. The van der Waals surface area contributed by atoms with Crippen molar-refractivity contribution in [1.82, 2.24) is 0 Å². The van der Waals surface area contributed by atoms with Gasteiger partial charge in [-0.1, -0.05) is 41.4 Å². The van der Waals surface area contributed by atoms with Crippen molar-refractivity contribution in [2.45, 2.75) is 6.61 Å². The highest BCUT2D eigenvalue weighted by atomic mass is 35.5. The van der Waals surface area contributed by atoms with Gasteiger partial charge in [0.15, 0.2) is 11.3 Å². The van der Waals surface area contributed by atoms with Crippen molar-refractivity contribution >= 4 is 40.1 Å². The van der Waals surface area contributed by atoms with Crippen molar-refractivity contribution in [2.24, 2.45) is 0 Å². The number of ether oxygens (including phenoxy) is 2. The maximum Gasteiger partial charge on any atom is 0.351 e. The maximum absolute atomic E-state index is 12.3. The molecule has 0 radical (unpaired) electrons. The second kappa shape index (κ2) is 7.17. The minimum absolute atomic E-state index is 0.160. The van der Waals surface area contributed by atoms with Gasteiger partial charge in [-0.3, -0.25) is 0 Å². The van der Waals surface area contributed by atoms with Crippen molar-refractivity contribution in [3.63, 3.8) is 0 Å². The molecule has 1 aromatic heterocycles. The number of esters is 1. The molecule has 0 saturated heterocycles. The van der Waals surface area contributed by atoms with Gasteiger partial charge in [0.25, 0.3) is 0 Å². The summed E-state index contributed by atoms with van der Waals surface area (Å²) >= 11 is 12.1. The highest BCUT2D eigenvalue weighted by Gasteiger charge is 2.18. The van der Waals surface area contributed by atoms with Crippen molar-refractivity contribution in [3.8, 4) is 5.75 Å². The summed E-state index contributed by atoms with van der Waals surface area (Å²) in [5.41, 5.74) is -0.303. The monoisotopic (exact) mass is 378 g/mol. The first-order valence-corrected chi connectivity index (χ1v) is 7.97. The number of rotatable bonds is 4. The fraction of sp³-hybridized carbons (Fsp3) is 0.111. The standard InChI is InChI=1S/C18H12Cl2O5/c1-23-15-7-2-4-10-8-11(18(22)25-16(10)15)17(21)24-9-12-13(19)5-3-6-14(12)20/h2-8H,9H2,1H3. The molecule has 0 aliphatic rings. The van der Waals surface area contributed by atoms with Crippen molar-refractivity contribution < 1.29 is 18.7 Å². The number of benzene rings is 2. The lowest BCUT2D eigenvalue weighted by Gasteiger charge is -2.09. The van der Waals surface area contributed by atoms with Gasteiger partial charge in [-0.05, 0) is 24.3 Å². The fourth-order valence-electron chi connectivity index (χ4n) is 2.31. The average Bonchev–Trinajstić information content (AvgIpc) is 2.60. The number of halogens is 2. The molecule has 128 valence electrons. The topological polar surface area (TPSA) is 65.7 Å². The van der Waals surface area contributed by atoms with Crippen molar-refractivity contribution in [1.29, 1.82) is 0 Å². The predicted molar refractivity (Wildman–Crippen MR) is 94.6 cm³/mol. The van der Waals surface area contributed by atoms with E-state index in [1.165, 1.54) is 13.2 Å². The summed E-state index contributed by atoms with van der Waals surface area (Å²) in [6.07, 6.45) is 0. The Hall–Kier alpha value is -2.50. The number of methoxy groups -OCH3 is 1. The van der Waals surface area contributed by atoms with Gasteiger partial charge >= 0.3 is 11.6 Å². The zero-order chi connectivity index (χ0) is 18.0. The molecule has 1 heterocycles. The van der Waals surface area contributed by atoms with E-state index in [1.54, 1.807) is 36.4 Å². The normalized spacial score (nSPS) is 10.7. The fourth-order valence-corrected chi connectivity index (χ4v) is 2.81. The first-order chi connectivity index (χ1) is 12.0. The molecule has 0 amide bonds. The Labute approximate surface area is 152 Å². The molecule has 3 aromatic rings. The lowest BCUT2D eigenvalue weighted by Crippen LogP contribution is -2.16. The molecule has 0 N–H and O–H groups in total. The van der Waals surface area contributed by atoms with E-state index in [2.05, 4.69) is 0 Å². The van der Waals surface area contributed by atoms with Crippen LogP contribution in [-0.4, -0.2) is 13.1 Å². The summed E-state index contributed by atoms with van der Waals surface area (Å²) in [5.74, 6) is -0.424. The van der Waals surface area contributed by atoms with Gasteiger partial charge in [0.1, 0.15) is 12.2 Å². The maximum atomic E-state index is 12.3. The van der Waals surface area contributed by atoms with Crippen LogP contribution in [0.3, 0.4) is 0 Å². The van der Waals surface area contributed by atoms with Crippen LogP contribution in [0.5, 0.6) is 5.75 Å². The molecular formula is C18H12Cl2O5. The third-order valence-electron chi connectivity index (χ3n) is 3.57. The van der Waals surface area contributed by atoms with Crippen molar-refractivity contribution in [3.05, 3.63) is 74.1 Å². The molecule has 0 spiro atoms. The molecule has 0 saturated carbocycles. The highest BCUT2D eigenvalue weighted by Crippen LogP contribution is 2.26. The van der Waals surface area contributed by atoms with Gasteiger partial charge in [-0.25, -0.2) is 9.59 Å². The van der Waals surface area contributed by atoms with E-state index in [0.29, 0.717) is 26.7 Å². The van der Waals surface area contributed by atoms with Gasteiger partial charge in [0.2, 0.25) is 0 Å². The van der Waals surface area contributed by atoms with Crippen LogP contribution in [0.2, 0.25) is 10.0 Å². The number of hydrogen-bond donors (Lipinski definition) is 0. The molecule has 7 heteroatoms. The molecule has 0 aliphatic carbocycles. The van der Waals surface area contributed by atoms with E-state index >= 15 is 0 Å². The number of para-hydroxylation sites is 1. The van der Waals surface area contributed by atoms with Crippen molar-refractivity contribution in [2.75, 3.05) is 7.11 Å². The summed E-state index contributed by atoms with van der Waals surface area (Å²) in [6.45, 7) is -0.160. The Bertz CT molecular complexity index is 990. The number of carbonyl (C=O) groups excluding carboxylic acids is 1. The smallest absolute Gasteiger partial charge is 0.351 e. The predicted octanol–water partition coefficient (Wildman–Crippen LogP) is 4.47. The van der Waals surface area contributed by atoms with Crippen LogP contribution >= 0.6 is 23.2 Å². The Kier molecular flexibility index (Phi) is 4.97. The molecule has 0 unspecified atom stereocenters. The van der Waals surface area contributed by atoms with Crippen LogP contribution in [0.4, 0.5) is 0 Å². The summed E-state index contributed by atoms with van der Waals surface area (Å²) in [4.78, 5) is 24.4. The third-order valence-corrected chi connectivity index (χ3v) is 4.28. The Morgan fingerprint density at radius 2 is 1.80 bits per heavy atom. The van der Waals surface area contributed by atoms with E-state index in [9.17, 15) is 9.59 Å². The van der Waals surface area contributed by atoms with Gasteiger partial charge in [-0.2, -0.15) is 0 Å². The quantitative estimate of drug-likeness (QED) is 0.495. The van der Waals surface area contributed by atoms with E-state index in [4.69, 9.17) is 37.1 Å². The molecule has 5 nitrogen and oxygen atoms in total. The summed E-state index contributed by atoms with van der Waals surface area (Å²) in [6, 6.07) is 11.4. The van der Waals surface area contributed by atoms with Crippen LogP contribution in [0.1, 0.15) is 15.9 Å². The molecular weight excluding hydrogens is 367 g/mol. The minimum atomic E-state index is -0.825. The average molecular weight is 379 g/mol. The molecule has 3 rings (SSSR count). The summed E-state index contributed by atoms with van der Waals surface area (Å²) in [7, 11) is 1.46. The molecule has 2 aromatic carbocycles. The van der Waals surface area contributed by atoms with Crippen LogP contribution in [0.25, 0.3) is 11.0 Å². The Morgan fingerprint density at radius 1 is 1.12 bits per heavy atom. The molecule has 0 fully saturated rings. The first kappa shape index (κ1) is 17.3. The first-order valence-electron chi connectivity index (χ1n) is 7.22. The van der Waals surface area contributed by atoms with E-state index in [-0.39, 0.29) is 17.8 Å². The second-order valence-electron chi connectivity index (χ2n) is 5.10. The van der Waals surface area contributed by atoms with Gasteiger partial charge in [0.05, 0.1) is 7.11 Å². The van der Waals surface area contributed by atoms with E-state index < -0.39 is 11.6 Å². The zero-order valence-electron chi connectivity index (χ0n) is 13.0. The summed E-state index contributed by atoms with van der Waals surface area (Å²) < 4.78 is 15.5. The lowest BCUT2D eigenvalue weighted by atomic mass is 10.1. The van der Waals surface area contributed by atoms with Gasteiger partial charge < -0.3 is 13.9 Å². The SMILES string of the molecule is COc1cccc2cc(C(=O)OCc3c(Cl)cccc3Cl)c(=O)oc12. The van der Waals surface area contributed by atoms with Gasteiger partial charge in [-0.15, -0.1) is 0 Å². The van der Waals surface area contributed by atoms with Crippen LogP contribution in [0, 0.1) is 0 Å². The largest absolute Gasteiger partial charge is 0.493 e. The minimum Gasteiger partial charge on any atom is -0.493 e.